The summed E-state index contributed by atoms with van der Waals surface area (Å²) in [4.78, 5) is 0. The van der Waals surface area contributed by atoms with Gasteiger partial charge in [0.1, 0.15) is 11.5 Å². The fraction of sp³-hybridized carbons (Fsp3) is 0.174. The van der Waals surface area contributed by atoms with Gasteiger partial charge in [0.2, 0.25) is 5.79 Å². The molecule has 0 aliphatic heterocycles. The van der Waals surface area contributed by atoms with Crippen molar-refractivity contribution in [3.8, 4) is 17.6 Å². The molecule has 0 aromatic heterocycles. The number of nitriles is 1. The van der Waals surface area contributed by atoms with E-state index in [0.29, 0.717) is 0 Å². The Kier molecular flexibility index (Phi) is 6.99. The Morgan fingerprint density at radius 1 is 1.00 bits per heavy atom. The van der Waals surface area contributed by atoms with Gasteiger partial charge in [-0.15, -0.1) is 0 Å². The van der Waals surface area contributed by atoms with Gasteiger partial charge in [0.15, 0.2) is 0 Å². The van der Waals surface area contributed by atoms with Crippen LogP contribution < -0.4 is 4.74 Å². The lowest BCUT2D eigenvalue weighted by atomic mass is 10.1. The van der Waals surface area contributed by atoms with Crippen molar-refractivity contribution in [1.29, 1.82) is 5.26 Å². The first kappa shape index (κ1) is 20.0. The molecule has 27 heavy (non-hydrogen) atoms. The lowest BCUT2D eigenvalue weighted by molar-refractivity contribution is -0.134. The number of ether oxygens (including phenoxy) is 2. The fourth-order valence-corrected chi connectivity index (χ4v) is 2.21. The second kappa shape index (κ2) is 9.42. The van der Waals surface area contributed by atoms with E-state index in [0.717, 1.165) is 22.4 Å². The summed E-state index contributed by atoms with van der Waals surface area (Å²) in [7, 11) is 1.60. The van der Waals surface area contributed by atoms with Crippen LogP contribution in [0.1, 0.15) is 25.0 Å². The summed E-state index contributed by atoms with van der Waals surface area (Å²) in [6.07, 6.45) is 8.99. The van der Waals surface area contributed by atoms with Crippen LogP contribution in [-0.2, 0) is 4.74 Å². The molecule has 0 aliphatic rings. The highest BCUT2D eigenvalue weighted by Gasteiger charge is 2.17. The minimum atomic E-state index is -0.681. The monoisotopic (exact) mass is 361 g/mol. The van der Waals surface area contributed by atoms with E-state index in [1.54, 1.807) is 25.3 Å². The van der Waals surface area contributed by atoms with Gasteiger partial charge in [-0.2, -0.15) is 5.26 Å². The van der Waals surface area contributed by atoms with E-state index in [2.05, 4.69) is 0 Å². The van der Waals surface area contributed by atoms with Crippen LogP contribution in [0.5, 0.6) is 11.5 Å². The molecule has 0 bridgehead atoms. The molecule has 0 saturated carbocycles. The van der Waals surface area contributed by atoms with E-state index in [-0.39, 0.29) is 5.75 Å². The Balaban J connectivity index is 2.17. The summed E-state index contributed by atoms with van der Waals surface area (Å²) >= 11 is 0. The molecule has 0 unspecified atom stereocenters. The number of nitrogens with zero attached hydrogens (tertiary/aromatic N) is 1. The highest BCUT2D eigenvalue weighted by atomic mass is 16.7. The van der Waals surface area contributed by atoms with E-state index in [1.165, 1.54) is 6.08 Å². The second-order valence-corrected chi connectivity index (χ2v) is 6.31. The molecule has 0 radical (unpaired) electrons. The molecule has 0 saturated heterocycles. The van der Waals surface area contributed by atoms with Gasteiger partial charge in [-0.3, -0.25) is 0 Å². The van der Waals surface area contributed by atoms with Crippen molar-refractivity contribution in [3.63, 3.8) is 0 Å². The van der Waals surface area contributed by atoms with Crippen molar-refractivity contribution < 1.29 is 14.6 Å². The number of phenolic OH excluding ortho intramolecular Hbond substituents is 1. The van der Waals surface area contributed by atoms with Crippen LogP contribution in [0.15, 0.2) is 72.3 Å². The second-order valence-electron chi connectivity index (χ2n) is 6.31. The zero-order valence-electron chi connectivity index (χ0n) is 15.7. The molecule has 1 N–H and O–H groups in total. The lowest BCUT2D eigenvalue weighted by Gasteiger charge is -2.24. The number of aromatic hydroxyl groups is 1. The standard InChI is InChI=1S/C23H23NO3/c1-23(2,26-3)27-22-14-10-18(11-15-22)6-7-19(5-4-16-24)17-20-8-12-21(25)13-9-20/h4-15,17,25H,1-3H3. The number of allylic oxidation sites excluding steroid dienone is 4. The smallest absolute Gasteiger partial charge is 0.204 e. The molecule has 0 aliphatic carbocycles. The average molecular weight is 361 g/mol. The molecule has 4 heteroatoms. The molecule has 0 amide bonds. The van der Waals surface area contributed by atoms with Gasteiger partial charge in [0, 0.05) is 27.0 Å². The summed E-state index contributed by atoms with van der Waals surface area (Å²) in [6, 6.07) is 16.5. The van der Waals surface area contributed by atoms with Crippen molar-refractivity contribution in [1.82, 2.24) is 0 Å². The maximum atomic E-state index is 9.38. The largest absolute Gasteiger partial charge is 0.508 e. The van der Waals surface area contributed by atoms with Gasteiger partial charge < -0.3 is 14.6 Å². The normalized spacial score (nSPS) is 12.4. The Labute approximate surface area is 160 Å². The molecule has 2 aromatic rings. The molecular formula is C23H23NO3. The van der Waals surface area contributed by atoms with Crippen LogP contribution in [-0.4, -0.2) is 18.0 Å². The van der Waals surface area contributed by atoms with Crippen LogP contribution in [0.25, 0.3) is 12.2 Å². The summed E-state index contributed by atoms with van der Waals surface area (Å²) in [5, 5.41) is 18.2. The predicted octanol–water partition coefficient (Wildman–Crippen LogP) is 5.33. The van der Waals surface area contributed by atoms with E-state index < -0.39 is 5.79 Å². The Morgan fingerprint density at radius 3 is 2.22 bits per heavy atom. The number of phenols is 1. The van der Waals surface area contributed by atoms with Crippen LogP contribution in [0.2, 0.25) is 0 Å². The van der Waals surface area contributed by atoms with E-state index in [9.17, 15) is 5.11 Å². The van der Waals surface area contributed by atoms with Crippen molar-refractivity contribution in [2.75, 3.05) is 7.11 Å². The molecule has 0 fully saturated rings. The Morgan fingerprint density at radius 2 is 1.63 bits per heavy atom. The van der Waals surface area contributed by atoms with Crippen molar-refractivity contribution >= 4 is 12.2 Å². The number of rotatable bonds is 7. The zero-order chi connectivity index (χ0) is 19.7. The number of hydrogen-bond acceptors (Lipinski definition) is 4. The van der Waals surface area contributed by atoms with Crippen LogP contribution >= 0.6 is 0 Å². The maximum absolute atomic E-state index is 9.38. The first-order chi connectivity index (χ1) is 12.9. The minimum Gasteiger partial charge on any atom is -0.508 e. The first-order valence-electron chi connectivity index (χ1n) is 8.51. The van der Waals surface area contributed by atoms with Crippen molar-refractivity contribution in [2.24, 2.45) is 0 Å². The lowest BCUT2D eigenvalue weighted by Crippen LogP contribution is -2.30. The van der Waals surface area contributed by atoms with E-state index in [1.807, 2.05) is 74.5 Å². The quantitative estimate of drug-likeness (QED) is 0.411. The molecule has 4 nitrogen and oxygen atoms in total. The molecular weight excluding hydrogens is 338 g/mol. The number of hydrogen-bond donors (Lipinski definition) is 1. The molecule has 0 spiro atoms. The third kappa shape index (κ3) is 6.85. The Bertz CT molecular complexity index is 867. The van der Waals surface area contributed by atoms with Crippen LogP contribution in [0, 0.1) is 11.3 Å². The molecule has 0 heterocycles. The molecule has 138 valence electrons. The number of benzene rings is 2. The SMILES string of the molecule is COC(C)(C)Oc1ccc(C=CC(C=CC#N)=Cc2ccc(O)cc2)cc1. The van der Waals surface area contributed by atoms with Crippen LogP contribution in [0.4, 0.5) is 0 Å². The summed E-state index contributed by atoms with van der Waals surface area (Å²) in [6.45, 7) is 3.70. The van der Waals surface area contributed by atoms with E-state index in [4.69, 9.17) is 14.7 Å². The predicted molar refractivity (Wildman–Crippen MR) is 108 cm³/mol. The van der Waals surface area contributed by atoms with Gasteiger partial charge in [-0.05, 0) is 53.1 Å². The first-order valence-corrected chi connectivity index (χ1v) is 8.51. The topological polar surface area (TPSA) is 62.5 Å². The fourth-order valence-electron chi connectivity index (χ4n) is 2.21. The molecule has 2 rings (SSSR count). The average Bonchev–Trinajstić information content (AvgIpc) is 2.66. The molecule has 0 atom stereocenters. The highest BCUT2D eigenvalue weighted by molar-refractivity contribution is 5.65. The van der Waals surface area contributed by atoms with Gasteiger partial charge in [0.05, 0.1) is 6.07 Å². The van der Waals surface area contributed by atoms with Gasteiger partial charge in [-0.1, -0.05) is 36.4 Å². The highest BCUT2D eigenvalue weighted by Crippen LogP contribution is 2.20. The maximum Gasteiger partial charge on any atom is 0.204 e. The third-order valence-corrected chi connectivity index (χ3v) is 3.78. The summed E-state index contributed by atoms with van der Waals surface area (Å²) in [5.74, 6) is 0.262. The Hall–Kier alpha value is -3.29. The van der Waals surface area contributed by atoms with Gasteiger partial charge in [0.25, 0.3) is 0 Å². The zero-order valence-corrected chi connectivity index (χ0v) is 15.7. The molecule has 2 aromatic carbocycles. The summed E-state index contributed by atoms with van der Waals surface area (Å²) in [5.41, 5.74) is 2.79. The third-order valence-electron chi connectivity index (χ3n) is 3.78. The van der Waals surface area contributed by atoms with Gasteiger partial charge >= 0.3 is 0 Å². The van der Waals surface area contributed by atoms with E-state index >= 15 is 0 Å². The van der Waals surface area contributed by atoms with Crippen molar-refractivity contribution in [2.45, 2.75) is 19.6 Å². The van der Waals surface area contributed by atoms with Crippen LogP contribution in [0.3, 0.4) is 0 Å². The minimum absolute atomic E-state index is 0.218. The summed E-state index contributed by atoms with van der Waals surface area (Å²) < 4.78 is 11.0. The number of methoxy groups -OCH3 is 1. The van der Waals surface area contributed by atoms with Gasteiger partial charge in [-0.25, -0.2) is 0 Å². The van der Waals surface area contributed by atoms with Crippen molar-refractivity contribution in [3.05, 3.63) is 83.5 Å².